The fourth-order valence-corrected chi connectivity index (χ4v) is 2.36. The van der Waals surface area contributed by atoms with E-state index in [2.05, 4.69) is 23.8 Å². The van der Waals surface area contributed by atoms with E-state index in [1.54, 1.807) is 12.1 Å². The van der Waals surface area contributed by atoms with Gasteiger partial charge in [-0.2, -0.15) is 0 Å². The van der Waals surface area contributed by atoms with Crippen molar-refractivity contribution < 1.29 is 4.39 Å². The first-order valence-corrected chi connectivity index (χ1v) is 6.04. The smallest absolute Gasteiger partial charge is 0.125 e. The Morgan fingerprint density at radius 3 is 2.82 bits per heavy atom. The molecule has 2 rings (SSSR count). The summed E-state index contributed by atoms with van der Waals surface area (Å²) in [6, 6.07) is 7.48. The van der Waals surface area contributed by atoms with Gasteiger partial charge in [0.2, 0.25) is 0 Å². The molecule has 0 amide bonds. The number of nitrogens with two attached hydrogens (primary N) is 1. The molecule has 3 nitrogen and oxygen atoms in total. The minimum absolute atomic E-state index is 0.190. The van der Waals surface area contributed by atoms with Gasteiger partial charge in [-0.1, -0.05) is 6.07 Å². The third-order valence-corrected chi connectivity index (χ3v) is 3.56. The molecule has 1 aliphatic heterocycles. The fraction of sp³-hybridized carbons (Fsp3) is 0.538. The van der Waals surface area contributed by atoms with Gasteiger partial charge in [-0.05, 0) is 32.2 Å². The van der Waals surface area contributed by atoms with Crippen molar-refractivity contribution in [3.8, 4) is 0 Å². The van der Waals surface area contributed by atoms with E-state index in [1.165, 1.54) is 6.07 Å². The van der Waals surface area contributed by atoms with Crippen LogP contribution in [0.2, 0.25) is 0 Å². The maximum atomic E-state index is 13.3. The molecule has 0 aromatic heterocycles. The van der Waals surface area contributed by atoms with E-state index in [0.717, 1.165) is 18.8 Å². The first kappa shape index (κ1) is 12.3. The number of hydrogen-bond acceptors (Lipinski definition) is 3. The van der Waals surface area contributed by atoms with Gasteiger partial charge in [-0.3, -0.25) is 4.90 Å². The van der Waals surface area contributed by atoms with Crippen LogP contribution in [0.3, 0.4) is 0 Å². The molecule has 1 fully saturated rings. The predicted octanol–water partition coefficient (Wildman–Crippen LogP) is 1.29. The average Bonchev–Trinajstić information content (AvgIpc) is 2.32. The Morgan fingerprint density at radius 2 is 2.18 bits per heavy atom. The number of nitrogens with zero attached hydrogens (tertiary/aromatic N) is 2. The van der Waals surface area contributed by atoms with Gasteiger partial charge in [0.25, 0.3) is 0 Å². The van der Waals surface area contributed by atoms with Crippen molar-refractivity contribution in [2.45, 2.75) is 19.0 Å². The Kier molecular flexibility index (Phi) is 3.64. The van der Waals surface area contributed by atoms with E-state index in [1.807, 2.05) is 6.07 Å². The quantitative estimate of drug-likeness (QED) is 0.841. The van der Waals surface area contributed by atoms with Crippen LogP contribution in [0.15, 0.2) is 24.3 Å². The van der Waals surface area contributed by atoms with E-state index in [4.69, 9.17) is 5.73 Å². The number of hydrogen-bond donors (Lipinski definition) is 1. The summed E-state index contributed by atoms with van der Waals surface area (Å²) in [7, 11) is 2.11. The standard InChI is InChI=1S/C13H20FN3/c1-10-8-17(13(7-15)9-16(10)2)12-5-3-4-11(14)6-12/h3-6,10,13H,7-9,15H2,1-2H3. The molecule has 0 aliphatic carbocycles. The van der Waals surface area contributed by atoms with Crippen LogP contribution in [0.25, 0.3) is 0 Å². The second kappa shape index (κ2) is 5.02. The van der Waals surface area contributed by atoms with Crippen LogP contribution in [0, 0.1) is 5.82 Å². The second-order valence-corrected chi connectivity index (χ2v) is 4.81. The molecule has 1 aromatic carbocycles. The van der Waals surface area contributed by atoms with E-state index in [9.17, 15) is 4.39 Å². The molecular formula is C13H20FN3. The Bertz CT molecular complexity index is 383. The Hall–Kier alpha value is -1.13. The van der Waals surface area contributed by atoms with E-state index >= 15 is 0 Å². The van der Waals surface area contributed by atoms with Crippen molar-refractivity contribution in [1.82, 2.24) is 4.90 Å². The maximum Gasteiger partial charge on any atom is 0.125 e. The zero-order chi connectivity index (χ0) is 12.4. The van der Waals surface area contributed by atoms with Crippen LogP contribution in [0.1, 0.15) is 6.92 Å². The van der Waals surface area contributed by atoms with Crippen LogP contribution in [0.4, 0.5) is 10.1 Å². The lowest BCUT2D eigenvalue weighted by Crippen LogP contribution is -2.58. The summed E-state index contributed by atoms with van der Waals surface area (Å²) in [5, 5.41) is 0. The van der Waals surface area contributed by atoms with Crippen LogP contribution in [-0.2, 0) is 0 Å². The number of likely N-dealkylation sites (N-methyl/N-ethyl adjacent to an activating group) is 1. The maximum absolute atomic E-state index is 13.3. The molecule has 94 valence electrons. The normalized spacial score (nSPS) is 26.2. The molecule has 1 aromatic rings. The van der Waals surface area contributed by atoms with Crippen molar-refractivity contribution in [2.75, 3.05) is 31.6 Å². The Morgan fingerprint density at radius 1 is 1.41 bits per heavy atom. The second-order valence-electron chi connectivity index (χ2n) is 4.81. The SMILES string of the molecule is CC1CN(c2cccc(F)c2)C(CN)CN1C. The predicted molar refractivity (Wildman–Crippen MR) is 68.7 cm³/mol. The summed E-state index contributed by atoms with van der Waals surface area (Å²) in [5.74, 6) is -0.190. The molecule has 0 saturated carbocycles. The largest absolute Gasteiger partial charge is 0.364 e. The van der Waals surface area contributed by atoms with Crippen molar-refractivity contribution in [3.05, 3.63) is 30.1 Å². The summed E-state index contributed by atoms with van der Waals surface area (Å²) < 4.78 is 13.3. The number of halogens is 1. The van der Waals surface area contributed by atoms with Gasteiger partial charge < -0.3 is 10.6 Å². The minimum Gasteiger partial charge on any atom is -0.364 e. The molecule has 1 saturated heterocycles. The lowest BCUT2D eigenvalue weighted by molar-refractivity contribution is 0.202. The number of anilines is 1. The fourth-order valence-electron chi connectivity index (χ4n) is 2.36. The number of rotatable bonds is 2. The van der Waals surface area contributed by atoms with Crippen LogP contribution < -0.4 is 10.6 Å². The van der Waals surface area contributed by atoms with Crippen molar-refractivity contribution >= 4 is 5.69 Å². The first-order chi connectivity index (χ1) is 8.11. The highest BCUT2D eigenvalue weighted by molar-refractivity contribution is 5.48. The number of piperazine rings is 1. The third kappa shape index (κ3) is 2.58. The first-order valence-electron chi connectivity index (χ1n) is 6.04. The molecule has 2 atom stereocenters. The van der Waals surface area contributed by atoms with Gasteiger partial charge in [0.15, 0.2) is 0 Å². The summed E-state index contributed by atoms with van der Waals surface area (Å²) in [4.78, 5) is 4.51. The molecule has 4 heteroatoms. The lowest BCUT2D eigenvalue weighted by atomic mass is 10.1. The minimum atomic E-state index is -0.190. The molecule has 0 bridgehead atoms. The van der Waals surface area contributed by atoms with Gasteiger partial charge in [-0.15, -0.1) is 0 Å². The molecule has 0 spiro atoms. The van der Waals surface area contributed by atoms with Crippen LogP contribution >= 0.6 is 0 Å². The third-order valence-electron chi connectivity index (χ3n) is 3.56. The highest BCUT2D eigenvalue weighted by Crippen LogP contribution is 2.22. The van der Waals surface area contributed by atoms with Gasteiger partial charge in [0.05, 0.1) is 6.04 Å². The molecule has 1 heterocycles. The van der Waals surface area contributed by atoms with Gasteiger partial charge in [0, 0.05) is 31.4 Å². The average molecular weight is 237 g/mol. The molecule has 0 radical (unpaired) electrons. The Labute approximate surface area is 102 Å². The van der Waals surface area contributed by atoms with Crippen molar-refractivity contribution in [1.29, 1.82) is 0 Å². The van der Waals surface area contributed by atoms with Gasteiger partial charge >= 0.3 is 0 Å². The summed E-state index contributed by atoms with van der Waals surface area (Å²) >= 11 is 0. The molecule has 2 N–H and O–H groups in total. The van der Waals surface area contributed by atoms with E-state index in [0.29, 0.717) is 12.6 Å². The van der Waals surface area contributed by atoms with E-state index < -0.39 is 0 Å². The highest BCUT2D eigenvalue weighted by Gasteiger charge is 2.28. The summed E-state index contributed by atoms with van der Waals surface area (Å²) in [6.07, 6.45) is 0. The topological polar surface area (TPSA) is 32.5 Å². The molecular weight excluding hydrogens is 217 g/mol. The lowest BCUT2D eigenvalue weighted by Gasteiger charge is -2.44. The number of benzene rings is 1. The summed E-state index contributed by atoms with van der Waals surface area (Å²) in [6.45, 7) is 4.59. The molecule has 17 heavy (non-hydrogen) atoms. The van der Waals surface area contributed by atoms with Gasteiger partial charge in [-0.25, -0.2) is 4.39 Å². The Balaban J connectivity index is 2.23. The molecule has 1 aliphatic rings. The van der Waals surface area contributed by atoms with E-state index in [-0.39, 0.29) is 11.9 Å². The zero-order valence-electron chi connectivity index (χ0n) is 10.4. The van der Waals surface area contributed by atoms with Crippen LogP contribution in [-0.4, -0.2) is 43.7 Å². The monoisotopic (exact) mass is 237 g/mol. The van der Waals surface area contributed by atoms with Gasteiger partial charge in [0.1, 0.15) is 5.82 Å². The van der Waals surface area contributed by atoms with Crippen molar-refractivity contribution in [3.63, 3.8) is 0 Å². The highest BCUT2D eigenvalue weighted by atomic mass is 19.1. The molecule has 2 unspecified atom stereocenters. The summed E-state index contributed by atoms with van der Waals surface area (Å²) in [5.41, 5.74) is 6.75. The van der Waals surface area contributed by atoms with Crippen LogP contribution in [0.5, 0.6) is 0 Å². The van der Waals surface area contributed by atoms with Crippen molar-refractivity contribution in [2.24, 2.45) is 5.73 Å². The zero-order valence-corrected chi connectivity index (χ0v) is 10.4.